The predicted octanol–water partition coefficient (Wildman–Crippen LogP) is 3.03. The molecule has 1 aliphatic rings. The minimum absolute atomic E-state index is 0.0439. The standard InChI is InChI=1S/C24H30FN3O2/c1-18-4-3-11-28(16-18)17-20-9-7-19(8-10-20)14-26-24(30)15-27-23(29)13-21-5-2-6-22(25)12-21/h2,5-10,12,18H,3-4,11,13-17H2,1H3,(H,26,30)(H,27,29). The van der Waals surface area contributed by atoms with Crippen molar-refractivity contribution in [2.24, 2.45) is 5.92 Å². The number of amides is 2. The number of hydrogen-bond donors (Lipinski definition) is 2. The van der Waals surface area contributed by atoms with Gasteiger partial charge in [0.1, 0.15) is 5.82 Å². The van der Waals surface area contributed by atoms with Gasteiger partial charge in [0.25, 0.3) is 0 Å². The van der Waals surface area contributed by atoms with Crippen molar-refractivity contribution >= 4 is 11.8 Å². The van der Waals surface area contributed by atoms with Crippen molar-refractivity contribution < 1.29 is 14.0 Å². The zero-order valence-corrected chi connectivity index (χ0v) is 17.5. The molecular weight excluding hydrogens is 381 g/mol. The van der Waals surface area contributed by atoms with Crippen molar-refractivity contribution in [3.8, 4) is 0 Å². The third-order valence-corrected chi connectivity index (χ3v) is 5.36. The van der Waals surface area contributed by atoms with E-state index in [2.05, 4.69) is 34.6 Å². The van der Waals surface area contributed by atoms with Gasteiger partial charge in [-0.2, -0.15) is 0 Å². The van der Waals surface area contributed by atoms with Crippen molar-refractivity contribution in [3.63, 3.8) is 0 Å². The molecule has 0 radical (unpaired) electrons. The second-order valence-electron chi connectivity index (χ2n) is 8.16. The number of nitrogens with zero attached hydrogens (tertiary/aromatic N) is 1. The van der Waals surface area contributed by atoms with Gasteiger partial charge in [0.2, 0.25) is 11.8 Å². The first-order chi connectivity index (χ1) is 14.5. The highest BCUT2D eigenvalue weighted by Gasteiger charge is 2.16. The van der Waals surface area contributed by atoms with Crippen molar-refractivity contribution in [2.45, 2.75) is 39.3 Å². The third-order valence-electron chi connectivity index (χ3n) is 5.36. The van der Waals surface area contributed by atoms with Gasteiger partial charge < -0.3 is 10.6 Å². The van der Waals surface area contributed by atoms with Gasteiger partial charge in [-0.15, -0.1) is 0 Å². The van der Waals surface area contributed by atoms with Crippen LogP contribution in [-0.2, 0) is 29.1 Å². The molecule has 2 aromatic carbocycles. The van der Waals surface area contributed by atoms with Gasteiger partial charge in [0, 0.05) is 19.6 Å². The Morgan fingerprint density at radius 1 is 1.03 bits per heavy atom. The topological polar surface area (TPSA) is 61.4 Å². The number of hydrogen-bond acceptors (Lipinski definition) is 3. The average molecular weight is 412 g/mol. The molecule has 5 nitrogen and oxygen atoms in total. The smallest absolute Gasteiger partial charge is 0.239 e. The van der Waals surface area contributed by atoms with Gasteiger partial charge in [-0.05, 0) is 54.1 Å². The number of benzene rings is 2. The van der Waals surface area contributed by atoms with E-state index in [9.17, 15) is 14.0 Å². The lowest BCUT2D eigenvalue weighted by Crippen LogP contribution is -2.37. The van der Waals surface area contributed by atoms with Gasteiger partial charge in [-0.3, -0.25) is 14.5 Å². The Morgan fingerprint density at radius 2 is 1.80 bits per heavy atom. The van der Waals surface area contributed by atoms with Crippen LogP contribution in [0.4, 0.5) is 4.39 Å². The maximum atomic E-state index is 13.2. The van der Waals surface area contributed by atoms with Crippen LogP contribution in [0.1, 0.15) is 36.5 Å². The SMILES string of the molecule is CC1CCCN(Cc2ccc(CNC(=O)CNC(=O)Cc3cccc(F)c3)cc2)C1. The number of carbonyl (C=O) groups is 2. The lowest BCUT2D eigenvalue weighted by molar-refractivity contribution is -0.125. The Bertz CT molecular complexity index is 854. The molecule has 6 heteroatoms. The summed E-state index contributed by atoms with van der Waals surface area (Å²) in [5.74, 6) is -0.182. The van der Waals surface area contributed by atoms with E-state index in [1.54, 1.807) is 12.1 Å². The van der Waals surface area contributed by atoms with Gasteiger partial charge in [-0.1, -0.05) is 43.3 Å². The van der Waals surface area contributed by atoms with E-state index >= 15 is 0 Å². The van der Waals surface area contributed by atoms with Crippen LogP contribution < -0.4 is 10.6 Å². The Balaban J connectivity index is 1.36. The van der Waals surface area contributed by atoms with Crippen LogP contribution in [0.2, 0.25) is 0 Å². The number of nitrogens with one attached hydrogen (secondary N) is 2. The summed E-state index contributed by atoms with van der Waals surface area (Å²) in [5.41, 5.74) is 2.88. The molecule has 1 atom stereocenters. The van der Waals surface area contributed by atoms with Crippen molar-refractivity contribution in [3.05, 3.63) is 71.0 Å². The Kier molecular flexibility index (Phi) is 7.97. The fourth-order valence-electron chi connectivity index (χ4n) is 3.79. The van der Waals surface area contributed by atoms with Crippen molar-refractivity contribution in [2.75, 3.05) is 19.6 Å². The van der Waals surface area contributed by atoms with Crippen LogP contribution in [0.15, 0.2) is 48.5 Å². The second-order valence-corrected chi connectivity index (χ2v) is 8.16. The molecule has 1 fully saturated rings. The summed E-state index contributed by atoms with van der Waals surface area (Å²) >= 11 is 0. The predicted molar refractivity (Wildman–Crippen MR) is 115 cm³/mol. The highest BCUT2D eigenvalue weighted by molar-refractivity contribution is 5.85. The Morgan fingerprint density at radius 3 is 2.53 bits per heavy atom. The fraction of sp³-hybridized carbons (Fsp3) is 0.417. The second kappa shape index (κ2) is 10.9. The molecule has 1 heterocycles. The van der Waals surface area contributed by atoms with Crippen LogP contribution >= 0.6 is 0 Å². The minimum Gasteiger partial charge on any atom is -0.350 e. The van der Waals surface area contributed by atoms with Crippen LogP contribution in [0.3, 0.4) is 0 Å². The molecule has 0 saturated carbocycles. The van der Waals surface area contributed by atoms with Crippen LogP contribution in [0, 0.1) is 11.7 Å². The molecule has 30 heavy (non-hydrogen) atoms. The first-order valence-corrected chi connectivity index (χ1v) is 10.6. The summed E-state index contributed by atoms with van der Waals surface area (Å²) < 4.78 is 13.2. The summed E-state index contributed by atoms with van der Waals surface area (Å²) in [7, 11) is 0. The summed E-state index contributed by atoms with van der Waals surface area (Å²) in [6, 6.07) is 14.2. The number of halogens is 1. The molecule has 3 rings (SSSR count). The van der Waals surface area contributed by atoms with Gasteiger partial charge >= 0.3 is 0 Å². The van der Waals surface area contributed by atoms with Gasteiger partial charge in [-0.25, -0.2) is 4.39 Å². The number of carbonyl (C=O) groups excluding carboxylic acids is 2. The minimum atomic E-state index is -0.380. The maximum absolute atomic E-state index is 13.2. The fourth-order valence-corrected chi connectivity index (χ4v) is 3.79. The lowest BCUT2D eigenvalue weighted by atomic mass is 9.99. The molecule has 1 aliphatic heterocycles. The van der Waals surface area contributed by atoms with E-state index in [0.29, 0.717) is 12.1 Å². The quantitative estimate of drug-likeness (QED) is 0.702. The molecule has 2 aromatic rings. The highest BCUT2D eigenvalue weighted by atomic mass is 19.1. The molecule has 0 bridgehead atoms. The summed E-state index contributed by atoms with van der Waals surface area (Å²) in [6.07, 6.45) is 2.63. The van der Waals surface area contributed by atoms with Crippen LogP contribution in [-0.4, -0.2) is 36.3 Å². The molecular formula is C24H30FN3O2. The summed E-state index contributed by atoms with van der Waals surface area (Å²) in [4.78, 5) is 26.4. The highest BCUT2D eigenvalue weighted by Crippen LogP contribution is 2.18. The first-order valence-electron chi connectivity index (χ1n) is 10.6. The number of likely N-dealkylation sites (tertiary alicyclic amines) is 1. The van der Waals surface area contributed by atoms with E-state index in [1.807, 2.05) is 12.1 Å². The van der Waals surface area contributed by atoms with E-state index in [4.69, 9.17) is 0 Å². The first kappa shape index (κ1) is 22.0. The van der Waals surface area contributed by atoms with E-state index in [1.165, 1.54) is 30.5 Å². The third kappa shape index (κ3) is 7.26. The van der Waals surface area contributed by atoms with Crippen LogP contribution in [0.5, 0.6) is 0 Å². The van der Waals surface area contributed by atoms with Gasteiger partial charge in [0.15, 0.2) is 0 Å². The van der Waals surface area contributed by atoms with E-state index in [-0.39, 0.29) is 30.6 Å². The Labute approximate surface area is 177 Å². The van der Waals surface area contributed by atoms with Crippen molar-refractivity contribution in [1.82, 2.24) is 15.5 Å². The molecule has 2 amide bonds. The van der Waals surface area contributed by atoms with E-state index < -0.39 is 0 Å². The van der Waals surface area contributed by atoms with Gasteiger partial charge in [0.05, 0.1) is 13.0 Å². The lowest BCUT2D eigenvalue weighted by Gasteiger charge is -2.30. The zero-order valence-electron chi connectivity index (χ0n) is 17.5. The zero-order chi connectivity index (χ0) is 21.3. The summed E-state index contributed by atoms with van der Waals surface area (Å²) in [5, 5.41) is 5.38. The normalized spacial score (nSPS) is 16.8. The largest absolute Gasteiger partial charge is 0.350 e. The molecule has 0 aromatic heterocycles. The monoisotopic (exact) mass is 411 g/mol. The number of rotatable bonds is 8. The maximum Gasteiger partial charge on any atom is 0.239 e. The molecule has 160 valence electrons. The Hall–Kier alpha value is -2.73. The average Bonchev–Trinajstić information content (AvgIpc) is 2.72. The molecule has 1 unspecified atom stereocenters. The molecule has 0 spiro atoms. The molecule has 0 aliphatic carbocycles. The molecule has 2 N–H and O–H groups in total. The van der Waals surface area contributed by atoms with Crippen molar-refractivity contribution in [1.29, 1.82) is 0 Å². The number of piperidine rings is 1. The molecule has 1 saturated heterocycles. The van der Waals surface area contributed by atoms with Crippen LogP contribution in [0.25, 0.3) is 0 Å². The van der Waals surface area contributed by atoms with E-state index in [0.717, 1.165) is 31.1 Å². The summed E-state index contributed by atoms with van der Waals surface area (Å²) in [6.45, 7) is 5.91.